The molecule has 29 heavy (non-hydrogen) atoms. The number of thiazole rings is 1. The highest BCUT2D eigenvalue weighted by Gasteiger charge is 2.22. The monoisotopic (exact) mass is 424 g/mol. The third-order valence-electron chi connectivity index (χ3n) is 4.11. The predicted octanol–water partition coefficient (Wildman–Crippen LogP) is 4.33. The summed E-state index contributed by atoms with van der Waals surface area (Å²) in [6.45, 7) is 6.20. The molecule has 1 amide bonds. The maximum Gasteiger partial charge on any atom is 0.252 e. The van der Waals surface area contributed by atoms with Gasteiger partial charge in [-0.25, -0.2) is 15.0 Å². The Kier molecular flexibility index (Phi) is 5.25. The van der Waals surface area contributed by atoms with Crippen molar-refractivity contribution in [1.29, 1.82) is 0 Å². The summed E-state index contributed by atoms with van der Waals surface area (Å²) in [5.74, 6) is 0.789. The molecule has 0 atom stereocenters. The molecule has 7 nitrogen and oxygen atoms in total. The zero-order valence-corrected chi connectivity index (χ0v) is 17.9. The smallest absolute Gasteiger partial charge is 0.252 e. The summed E-state index contributed by atoms with van der Waals surface area (Å²) in [7, 11) is 0. The van der Waals surface area contributed by atoms with Crippen LogP contribution in [-0.4, -0.2) is 30.6 Å². The minimum Gasteiger partial charge on any atom is -0.310 e. The Hall–Kier alpha value is -2.91. The summed E-state index contributed by atoms with van der Waals surface area (Å²) < 4.78 is 1.57. The van der Waals surface area contributed by atoms with Crippen molar-refractivity contribution < 1.29 is 4.79 Å². The molecular formula is C20H20N6OS2. The highest BCUT2D eigenvalue weighted by atomic mass is 32.1. The van der Waals surface area contributed by atoms with Crippen LogP contribution in [0.25, 0.3) is 15.8 Å². The third-order valence-corrected chi connectivity index (χ3v) is 6.04. The van der Waals surface area contributed by atoms with Crippen molar-refractivity contribution in [3.8, 4) is 15.8 Å². The molecule has 0 bridgehead atoms. The van der Waals surface area contributed by atoms with E-state index in [1.54, 1.807) is 45.8 Å². The van der Waals surface area contributed by atoms with Crippen LogP contribution in [0.5, 0.6) is 0 Å². The van der Waals surface area contributed by atoms with Gasteiger partial charge in [-0.1, -0.05) is 26.8 Å². The van der Waals surface area contributed by atoms with E-state index in [9.17, 15) is 4.79 Å². The van der Waals surface area contributed by atoms with E-state index >= 15 is 0 Å². The number of aromatic nitrogens is 5. The first-order valence-corrected chi connectivity index (χ1v) is 10.8. The van der Waals surface area contributed by atoms with E-state index in [-0.39, 0.29) is 17.7 Å². The van der Waals surface area contributed by atoms with E-state index in [2.05, 4.69) is 46.1 Å². The standard InChI is InChI=1S/C20H20N6OS2/c1-20(2,3)15-11-16(26(25-15)19-21-7-5-8-22-19)24-17(27)10-13-12-29-18(23-13)14-6-4-9-28-14/h4-9,11-12H,10H2,1-3H3,(H,24,27). The van der Waals surface area contributed by atoms with Crippen LogP contribution in [0.3, 0.4) is 0 Å². The van der Waals surface area contributed by atoms with Gasteiger partial charge < -0.3 is 5.32 Å². The van der Waals surface area contributed by atoms with Gasteiger partial charge in [0.05, 0.1) is 22.7 Å². The fraction of sp³-hybridized carbons (Fsp3) is 0.250. The van der Waals surface area contributed by atoms with Gasteiger partial charge in [0.25, 0.3) is 5.95 Å². The fourth-order valence-electron chi connectivity index (χ4n) is 2.64. The molecular weight excluding hydrogens is 404 g/mol. The second-order valence-corrected chi connectivity index (χ2v) is 9.28. The number of carbonyl (C=O) groups is 1. The quantitative estimate of drug-likeness (QED) is 0.515. The van der Waals surface area contributed by atoms with Crippen LogP contribution < -0.4 is 5.32 Å². The zero-order valence-electron chi connectivity index (χ0n) is 16.3. The van der Waals surface area contributed by atoms with Crippen LogP contribution in [0.15, 0.2) is 47.4 Å². The lowest BCUT2D eigenvalue weighted by Gasteiger charge is -2.13. The number of amides is 1. The number of rotatable bonds is 5. The minimum absolute atomic E-state index is 0.162. The molecule has 0 aliphatic rings. The molecule has 4 aromatic heterocycles. The molecule has 0 aliphatic heterocycles. The number of hydrogen-bond acceptors (Lipinski definition) is 7. The SMILES string of the molecule is CC(C)(C)c1cc(NC(=O)Cc2csc(-c3cccs3)n2)n(-c2ncccn2)n1. The number of nitrogens with one attached hydrogen (secondary N) is 1. The molecule has 1 N–H and O–H groups in total. The Morgan fingerprint density at radius 2 is 1.97 bits per heavy atom. The summed E-state index contributed by atoms with van der Waals surface area (Å²) in [6.07, 6.45) is 3.48. The van der Waals surface area contributed by atoms with Crippen LogP contribution in [0, 0.1) is 0 Å². The first-order valence-electron chi connectivity index (χ1n) is 9.06. The Labute approximate surface area is 176 Å². The molecule has 148 valence electrons. The van der Waals surface area contributed by atoms with Gasteiger partial charge in [-0.3, -0.25) is 4.79 Å². The molecule has 0 unspecified atom stereocenters. The van der Waals surface area contributed by atoms with E-state index in [1.165, 1.54) is 0 Å². The fourth-order valence-corrected chi connectivity index (χ4v) is 4.28. The van der Waals surface area contributed by atoms with Crippen molar-refractivity contribution in [2.24, 2.45) is 0 Å². The molecule has 4 rings (SSSR count). The van der Waals surface area contributed by atoms with Gasteiger partial charge in [0.1, 0.15) is 10.8 Å². The third kappa shape index (κ3) is 4.41. The topological polar surface area (TPSA) is 85.6 Å². The number of hydrogen-bond donors (Lipinski definition) is 1. The molecule has 0 spiro atoms. The van der Waals surface area contributed by atoms with E-state index < -0.39 is 0 Å². The Bertz CT molecular complexity index is 1110. The van der Waals surface area contributed by atoms with Crippen molar-refractivity contribution >= 4 is 34.4 Å². The maximum absolute atomic E-state index is 12.7. The van der Waals surface area contributed by atoms with Gasteiger partial charge in [-0.2, -0.15) is 9.78 Å². The lowest BCUT2D eigenvalue weighted by molar-refractivity contribution is -0.115. The maximum atomic E-state index is 12.7. The summed E-state index contributed by atoms with van der Waals surface area (Å²) in [5.41, 5.74) is 1.41. The Morgan fingerprint density at radius 1 is 1.17 bits per heavy atom. The van der Waals surface area contributed by atoms with Crippen LogP contribution in [0.4, 0.5) is 5.82 Å². The molecule has 9 heteroatoms. The summed E-state index contributed by atoms with van der Waals surface area (Å²) in [4.78, 5) is 26.9. The van der Waals surface area contributed by atoms with Gasteiger partial charge >= 0.3 is 0 Å². The predicted molar refractivity (Wildman–Crippen MR) is 116 cm³/mol. The first kappa shape index (κ1) is 19.4. The average molecular weight is 425 g/mol. The molecule has 0 fully saturated rings. The van der Waals surface area contributed by atoms with Crippen molar-refractivity contribution in [2.75, 3.05) is 5.32 Å². The summed E-state index contributed by atoms with van der Waals surface area (Å²) >= 11 is 3.18. The number of thiophene rings is 1. The van der Waals surface area contributed by atoms with Crippen LogP contribution >= 0.6 is 22.7 Å². The van der Waals surface area contributed by atoms with Crippen LogP contribution in [0.2, 0.25) is 0 Å². The van der Waals surface area contributed by atoms with Crippen molar-refractivity contribution in [3.05, 3.63) is 58.8 Å². The van der Waals surface area contributed by atoms with Crippen LogP contribution in [0.1, 0.15) is 32.2 Å². The first-order chi connectivity index (χ1) is 13.9. The normalized spacial score (nSPS) is 11.6. The largest absolute Gasteiger partial charge is 0.310 e. The van der Waals surface area contributed by atoms with Gasteiger partial charge in [0.2, 0.25) is 5.91 Å². The lowest BCUT2D eigenvalue weighted by atomic mass is 9.92. The van der Waals surface area contributed by atoms with Crippen molar-refractivity contribution in [2.45, 2.75) is 32.6 Å². The summed E-state index contributed by atoms with van der Waals surface area (Å²) in [5, 5.41) is 12.4. The van der Waals surface area contributed by atoms with E-state index in [0.29, 0.717) is 11.8 Å². The van der Waals surface area contributed by atoms with Gasteiger partial charge in [-0.15, -0.1) is 22.7 Å². The van der Waals surface area contributed by atoms with Gasteiger partial charge in [0, 0.05) is 29.3 Å². The highest BCUT2D eigenvalue weighted by Crippen LogP contribution is 2.28. The summed E-state index contributed by atoms with van der Waals surface area (Å²) in [6, 6.07) is 7.63. The molecule has 4 aromatic rings. The highest BCUT2D eigenvalue weighted by molar-refractivity contribution is 7.20. The Balaban J connectivity index is 1.55. The average Bonchev–Trinajstić information content (AvgIpc) is 3.42. The molecule has 0 aromatic carbocycles. The number of anilines is 1. The molecule has 0 saturated carbocycles. The molecule has 4 heterocycles. The molecule has 0 saturated heterocycles. The van der Waals surface area contributed by atoms with Crippen molar-refractivity contribution in [3.63, 3.8) is 0 Å². The van der Waals surface area contributed by atoms with E-state index in [0.717, 1.165) is 21.3 Å². The van der Waals surface area contributed by atoms with E-state index in [1.807, 2.05) is 29.0 Å². The Morgan fingerprint density at radius 3 is 2.66 bits per heavy atom. The van der Waals surface area contributed by atoms with Gasteiger partial charge in [0.15, 0.2) is 0 Å². The second-order valence-electron chi connectivity index (χ2n) is 7.47. The number of nitrogens with zero attached hydrogens (tertiary/aromatic N) is 5. The second kappa shape index (κ2) is 7.84. The van der Waals surface area contributed by atoms with Crippen LogP contribution in [-0.2, 0) is 16.6 Å². The zero-order chi connectivity index (χ0) is 20.4. The lowest BCUT2D eigenvalue weighted by Crippen LogP contribution is -2.18. The van der Waals surface area contributed by atoms with Gasteiger partial charge in [-0.05, 0) is 17.5 Å². The van der Waals surface area contributed by atoms with E-state index in [4.69, 9.17) is 0 Å². The molecule has 0 radical (unpaired) electrons. The molecule has 0 aliphatic carbocycles. The number of carbonyl (C=O) groups excluding carboxylic acids is 1. The van der Waals surface area contributed by atoms with Crippen molar-refractivity contribution in [1.82, 2.24) is 24.7 Å². The minimum atomic E-state index is -0.177.